The molecule has 1 aliphatic heterocycles. The Morgan fingerprint density at radius 3 is 1.84 bits per heavy atom. The van der Waals surface area contributed by atoms with Crippen molar-refractivity contribution in [2.24, 2.45) is 5.92 Å². The average Bonchev–Trinajstić information content (AvgIpc) is 3.71. The molecule has 0 N–H and O–H groups in total. The van der Waals surface area contributed by atoms with Crippen molar-refractivity contribution >= 4 is 41.1 Å². The van der Waals surface area contributed by atoms with Crippen molar-refractivity contribution in [3.63, 3.8) is 0 Å². The Labute approximate surface area is 313 Å². The van der Waals surface area contributed by atoms with Crippen LogP contribution in [0, 0.1) is 22.1 Å². The molecule has 4 aromatic rings. The van der Waals surface area contributed by atoms with Gasteiger partial charge in [-0.15, -0.1) is 0 Å². The SMILES string of the molecule is CC=C1CCCC1=CC(C#Cc1ccc(/C=C/C)c2c1C(=O)N(CC(C)C)C2=O)=C([C]#[Os])[P+](c1ccccc1)(c1ccccc1)c1ccccc1. The van der Waals surface area contributed by atoms with Crippen molar-refractivity contribution in [3.8, 4) is 16.2 Å². The van der Waals surface area contributed by atoms with E-state index in [9.17, 15) is 9.59 Å². The Balaban J connectivity index is 1.71. The number of amides is 2. The summed E-state index contributed by atoms with van der Waals surface area (Å²) in [6.45, 7) is 8.43. The van der Waals surface area contributed by atoms with Gasteiger partial charge in [-0.3, -0.25) is 0 Å². The van der Waals surface area contributed by atoms with E-state index in [2.05, 4.69) is 126 Å². The van der Waals surface area contributed by atoms with E-state index in [1.165, 1.54) is 32.0 Å². The van der Waals surface area contributed by atoms with E-state index < -0.39 is 7.26 Å². The van der Waals surface area contributed by atoms with Crippen LogP contribution in [-0.2, 0) is 17.9 Å². The van der Waals surface area contributed by atoms with Crippen LogP contribution >= 0.6 is 7.26 Å². The van der Waals surface area contributed by atoms with E-state index in [1.807, 2.05) is 45.1 Å². The average molecular weight is 862 g/mol. The summed E-state index contributed by atoms with van der Waals surface area (Å²) < 4.78 is 3.76. The molecule has 1 heterocycles. The summed E-state index contributed by atoms with van der Waals surface area (Å²) in [5.74, 6) is 6.74. The number of hydrogen-bond donors (Lipinski definition) is 0. The third-order valence-corrected chi connectivity index (χ3v) is 14.8. The minimum absolute atomic E-state index is 0.144. The van der Waals surface area contributed by atoms with Crippen LogP contribution in [0.25, 0.3) is 6.08 Å². The first kappa shape index (κ1) is 36.2. The predicted octanol–water partition coefficient (Wildman–Crippen LogP) is 9.13. The molecule has 1 aliphatic carbocycles. The molecule has 255 valence electrons. The fraction of sp³-hybridized carbons (Fsp3) is 0.196. The Bertz CT molecular complexity index is 2100. The standard InChI is InChI=1S/C46H42NO2P.Os/c1-6-18-36-27-28-37(44-43(36)45(48)47(46(44)49)32-33(3)4)29-30-38(31-39-20-17-19-35(39)7-2)34(5)50(40-21-11-8-12-22-40,41-23-13-9-14-24-41)42-25-15-10-16-26-42;/h6-16,18,21-28,31,33H,17,19-20,32H2,1-4H3;/q+1;/b18-6+,35-7?,38-34?,39-31?;. The zero-order chi connectivity index (χ0) is 36.0. The molecule has 5 heteroatoms. The number of imide groups is 1. The molecular formula is C46H42NO2OsP+. The summed E-state index contributed by atoms with van der Waals surface area (Å²) >= 11 is 1.74. The molecule has 0 atom stereocenters. The van der Waals surface area contributed by atoms with Crippen molar-refractivity contribution < 1.29 is 27.5 Å². The second-order valence-corrected chi connectivity index (χ2v) is 17.2. The predicted molar refractivity (Wildman–Crippen MR) is 210 cm³/mol. The summed E-state index contributed by atoms with van der Waals surface area (Å²) in [6.07, 6.45) is 11.4. The molecule has 1 saturated carbocycles. The van der Waals surface area contributed by atoms with Gasteiger partial charge in [0.05, 0.1) is 0 Å². The van der Waals surface area contributed by atoms with Gasteiger partial charge >= 0.3 is 315 Å². The van der Waals surface area contributed by atoms with Crippen molar-refractivity contribution in [2.45, 2.75) is 47.0 Å². The normalized spacial score (nSPS) is 16.5. The molecule has 0 spiro atoms. The summed E-state index contributed by atoms with van der Waals surface area (Å²) in [6, 6.07) is 36.1. The second-order valence-electron chi connectivity index (χ2n) is 13.2. The summed E-state index contributed by atoms with van der Waals surface area (Å²) in [5.41, 5.74) is 5.66. The summed E-state index contributed by atoms with van der Waals surface area (Å²) in [4.78, 5) is 29.2. The number of hydrogen-bond acceptors (Lipinski definition) is 2. The quantitative estimate of drug-likeness (QED) is 0.101. The molecule has 3 nitrogen and oxygen atoms in total. The molecule has 6 rings (SSSR count). The van der Waals surface area contributed by atoms with Gasteiger partial charge < -0.3 is 0 Å². The number of nitrogens with zero attached hydrogens (tertiary/aromatic N) is 1. The maximum absolute atomic E-state index is 14.0. The molecule has 0 aromatic heterocycles. The number of carbonyl (C=O) groups is 2. The van der Waals surface area contributed by atoms with Gasteiger partial charge in [0.2, 0.25) is 0 Å². The topological polar surface area (TPSA) is 37.4 Å². The van der Waals surface area contributed by atoms with Crippen LogP contribution in [0.1, 0.15) is 78.8 Å². The van der Waals surface area contributed by atoms with Gasteiger partial charge in [0.15, 0.2) is 0 Å². The van der Waals surface area contributed by atoms with Crippen LogP contribution < -0.4 is 15.9 Å². The van der Waals surface area contributed by atoms with E-state index >= 15 is 0 Å². The van der Waals surface area contributed by atoms with Crippen molar-refractivity contribution in [2.75, 3.05) is 6.54 Å². The van der Waals surface area contributed by atoms with E-state index in [0.29, 0.717) is 23.2 Å². The van der Waals surface area contributed by atoms with Crippen molar-refractivity contribution in [1.29, 1.82) is 0 Å². The van der Waals surface area contributed by atoms with Crippen molar-refractivity contribution in [1.82, 2.24) is 4.90 Å². The second kappa shape index (κ2) is 16.2. The van der Waals surface area contributed by atoms with Gasteiger partial charge in [0, 0.05) is 0 Å². The summed E-state index contributed by atoms with van der Waals surface area (Å²) in [5, 5.41) is 4.70. The molecule has 2 aliphatic rings. The van der Waals surface area contributed by atoms with E-state index in [1.54, 1.807) is 17.9 Å². The zero-order valence-corrected chi connectivity index (χ0v) is 33.0. The van der Waals surface area contributed by atoms with Crippen LogP contribution in [0.3, 0.4) is 0 Å². The fourth-order valence-electron chi connectivity index (χ4n) is 7.22. The molecule has 0 radical (unpaired) electrons. The Morgan fingerprint density at radius 1 is 0.784 bits per heavy atom. The Hall–Kier alpha value is -4.61. The fourth-order valence-corrected chi connectivity index (χ4v) is 13.0. The van der Waals surface area contributed by atoms with Gasteiger partial charge in [0.25, 0.3) is 0 Å². The first-order chi connectivity index (χ1) is 24.8. The monoisotopic (exact) mass is 863 g/mol. The zero-order valence-electron chi connectivity index (χ0n) is 29.6. The molecule has 2 amide bonds. The molecule has 4 aromatic carbocycles. The molecule has 0 unspecified atom stereocenters. The van der Waals surface area contributed by atoms with E-state index in [0.717, 1.165) is 35.7 Å². The van der Waals surface area contributed by atoms with Gasteiger partial charge in [-0.05, 0) is 0 Å². The third kappa shape index (κ3) is 7.01. The third-order valence-electron chi connectivity index (χ3n) is 9.46. The molecular weight excluding hydrogens is 820 g/mol. The van der Waals surface area contributed by atoms with Crippen LogP contribution in [0.2, 0.25) is 0 Å². The van der Waals surface area contributed by atoms with Crippen molar-refractivity contribution in [3.05, 3.63) is 166 Å². The molecule has 1 fully saturated rings. The van der Waals surface area contributed by atoms with Crippen LogP contribution in [0.4, 0.5) is 0 Å². The van der Waals surface area contributed by atoms with Gasteiger partial charge in [-0.25, -0.2) is 0 Å². The van der Waals surface area contributed by atoms with Crippen LogP contribution in [-0.4, -0.2) is 23.3 Å². The number of allylic oxidation sites excluding steroid dienone is 7. The number of rotatable bonds is 8. The van der Waals surface area contributed by atoms with Crippen LogP contribution in [0.15, 0.2) is 143 Å². The molecule has 0 saturated heterocycles. The van der Waals surface area contributed by atoms with Gasteiger partial charge in [0.1, 0.15) is 0 Å². The number of fused-ring (bicyclic) bond motifs is 1. The number of benzene rings is 4. The Kier molecular flexibility index (Phi) is 11.5. The summed E-state index contributed by atoms with van der Waals surface area (Å²) in [7, 11) is -2.54. The van der Waals surface area contributed by atoms with Gasteiger partial charge in [-0.1, -0.05) is 0 Å². The molecule has 51 heavy (non-hydrogen) atoms. The Morgan fingerprint density at radius 2 is 1.33 bits per heavy atom. The minimum atomic E-state index is -2.54. The first-order valence-corrected chi connectivity index (χ1v) is 20.6. The first-order valence-electron chi connectivity index (χ1n) is 17.5. The number of carbonyl (C=O) groups excluding carboxylic acids is 2. The molecule has 0 bridgehead atoms. The van der Waals surface area contributed by atoms with E-state index in [-0.39, 0.29) is 17.7 Å². The van der Waals surface area contributed by atoms with Crippen LogP contribution in [0.5, 0.6) is 0 Å². The van der Waals surface area contributed by atoms with Gasteiger partial charge in [-0.2, -0.15) is 0 Å². The maximum atomic E-state index is 14.0. The van der Waals surface area contributed by atoms with E-state index in [4.69, 9.17) is 0 Å².